The summed E-state index contributed by atoms with van der Waals surface area (Å²) < 4.78 is 43.3. The number of carbonyl (C=O) groups is 1. The summed E-state index contributed by atoms with van der Waals surface area (Å²) in [6.07, 6.45) is 0.453. The lowest BCUT2D eigenvalue weighted by atomic mass is 10.1. The van der Waals surface area contributed by atoms with E-state index < -0.39 is 23.3 Å². The molecular weight excluding hydrogens is 285 g/mol. The molecule has 0 saturated carbocycles. The molecule has 0 aliphatic heterocycles. The highest BCUT2D eigenvalue weighted by Gasteiger charge is 2.35. The van der Waals surface area contributed by atoms with Crippen LogP contribution in [0.25, 0.3) is 0 Å². The fraction of sp³-hybridized carbons (Fsp3) is 0.533. The van der Waals surface area contributed by atoms with Crippen molar-refractivity contribution in [2.75, 3.05) is 6.61 Å². The monoisotopic (exact) mass is 304 g/mol. The summed E-state index contributed by atoms with van der Waals surface area (Å²) in [6.45, 7) is 2.47. The molecule has 0 amide bonds. The minimum atomic E-state index is -4.69. The first-order valence-corrected chi connectivity index (χ1v) is 6.93. The van der Waals surface area contributed by atoms with E-state index in [1.807, 2.05) is 0 Å². The number of rotatable bonds is 8. The molecule has 3 nitrogen and oxygen atoms in total. The van der Waals surface area contributed by atoms with Gasteiger partial charge in [-0.3, -0.25) is 0 Å². The Kier molecular flexibility index (Phi) is 6.52. The first kappa shape index (κ1) is 17.3. The molecular formula is C15H19F3O3. The van der Waals surface area contributed by atoms with Crippen LogP contribution in [0.2, 0.25) is 0 Å². The number of hydrogen-bond donors (Lipinski definition) is 1. The minimum absolute atomic E-state index is 0.149. The predicted octanol–water partition coefficient (Wildman–Crippen LogP) is 4.75. The van der Waals surface area contributed by atoms with E-state index in [9.17, 15) is 18.0 Å². The van der Waals surface area contributed by atoms with Crippen LogP contribution in [0.4, 0.5) is 13.2 Å². The van der Waals surface area contributed by atoms with E-state index in [-0.39, 0.29) is 5.75 Å². The van der Waals surface area contributed by atoms with E-state index in [1.165, 1.54) is 0 Å². The Bertz CT molecular complexity index is 470. The van der Waals surface area contributed by atoms with Crippen LogP contribution in [0.3, 0.4) is 0 Å². The fourth-order valence-electron chi connectivity index (χ4n) is 1.93. The summed E-state index contributed by atoms with van der Waals surface area (Å²) in [7, 11) is 0. The first-order chi connectivity index (χ1) is 9.86. The highest BCUT2D eigenvalue weighted by atomic mass is 19.4. The maximum absolute atomic E-state index is 12.7. The quantitative estimate of drug-likeness (QED) is 0.705. The third-order valence-corrected chi connectivity index (χ3v) is 3.04. The number of alkyl halides is 3. The maximum atomic E-state index is 12.7. The van der Waals surface area contributed by atoms with Gasteiger partial charge in [-0.15, -0.1) is 0 Å². The van der Waals surface area contributed by atoms with Crippen molar-refractivity contribution in [1.82, 2.24) is 0 Å². The lowest BCUT2D eigenvalue weighted by Gasteiger charge is -2.12. The molecule has 0 bridgehead atoms. The molecule has 0 aromatic heterocycles. The van der Waals surface area contributed by atoms with Crippen LogP contribution in [-0.4, -0.2) is 17.7 Å². The van der Waals surface area contributed by atoms with Gasteiger partial charge < -0.3 is 9.84 Å². The van der Waals surface area contributed by atoms with Gasteiger partial charge in [0, 0.05) is 0 Å². The van der Waals surface area contributed by atoms with Gasteiger partial charge in [0.05, 0.1) is 17.7 Å². The number of aromatic carboxylic acids is 1. The molecule has 0 radical (unpaired) electrons. The largest absolute Gasteiger partial charge is 0.494 e. The Morgan fingerprint density at radius 1 is 1.19 bits per heavy atom. The molecule has 0 atom stereocenters. The number of carboxylic acid groups (broad SMARTS) is 1. The maximum Gasteiger partial charge on any atom is 0.417 e. The van der Waals surface area contributed by atoms with Crippen molar-refractivity contribution in [2.24, 2.45) is 0 Å². The summed E-state index contributed by atoms with van der Waals surface area (Å²) in [5.74, 6) is -1.47. The van der Waals surface area contributed by atoms with Gasteiger partial charge in [-0.25, -0.2) is 4.79 Å². The van der Waals surface area contributed by atoms with E-state index in [4.69, 9.17) is 9.84 Å². The second-order valence-electron chi connectivity index (χ2n) is 4.77. The molecule has 21 heavy (non-hydrogen) atoms. The number of unbranched alkanes of at least 4 members (excludes halogenated alkanes) is 4. The lowest BCUT2D eigenvalue weighted by Crippen LogP contribution is -2.13. The van der Waals surface area contributed by atoms with Crippen LogP contribution in [-0.2, 0) is 6.18 Å². The van der Waals surface area contributed by atoms with Crippen LogP contribution in [0.5, 0.6) is 5.75 Å². The summed E-state index contributed by atoms with van der Waals surface area (Å²) in [5.41, 5.74) is -1.95. The predicted molar refractivity (Wildman–Crippen MR) is 72.7 cm³/mol. The summed E-state index contributed by atoms with van der Waals surface area (Å²) in [6, 6.07) is 2.83. The standard InChI is InChI=1S/C15H19F3O3/c1-2-3-4-5-6-9-21-11-7-8-13(15(16,17)18)12(10-11)14(19)20/h7-8,10H,2-6,9H2,1H3,(H,19,20). The number of ether oxygens (including phenoxy) is 1. The van der Waals surface area contributed by atoms with Crippen LogP contribution >= 0.6 is 0 Å². The molecule has 0 aliphatic carbocycles. The third kappa shape index (κ3) is 5.65. The zero-order valence-electron chi connectivity index (χ0n) is 11.9. The van der Waals surface area contributed by atoms with Gasteiger partial charge in [0.25, 0.3) is 0 Å². The smallest absolute Gasteiger partial charge is 0.417 e. The van der Waals surface area contributed by atoms with Gasteiger partial charge in [-0.05, 0) is 24.6 Å². The molecule has 0 aliphatic rings. The van der Waals surface area contributed by atoms with Crippen molar-refractivity contribution in [3.8, 4) is 5.75 Å². The average Bonchev–Trinajstić information content (AvgIpc) is 2.41. The van der Waals surface area contributed by atoms with E-state index >= 15 is 0 Å². The number of hydrogen-bond acceptors (Lipinski definition) is 2. The highest BCUT2D eigenvalue weighted by molar-refractivity contribution is 5.90. The lowest BCUT2D eigenvalue weighted by molar-refractivity contribution is -0.138. The zero-order chi connectivity index (χ0) is 15.9. The molecule has 0 spiro atoms. The highest BCUT2D eigenvalue weighted by Crippen LogP contribution is 2.33. The van der Waals surface area contributed by atoms with Crippen molar-refractivity contribution in [3.05, 3.63) is 29.3 Å². The Balaban J connectivity index is 2.65. The Hall–Kier alpha value is -1.72. The molecule has 1 aromatic carbocycles. The van der Waals surface area contributed by atoms with Crippen molar-refractivity contribution in [1.29, 1.82) is 0 Å². The summed E-state index contributed by atoms with van der Waals surface area (Å²) >= 11 is 0. The molecule has 118 valence electrons. The normalized spacial score (nSPS) is 11.4. The van der Waals surface area contributed by atoms with Crippen LogP contribution < -0.4 is 4.74 Å². The molecule has 1 rings (SSSR count). The van der Waals surface area contributed by atoms with Gasteiger partial charge >= 0.3 is 12.1 Å². The van der Waals surface area contributed by atoms with E-state index in [2.05, 4.69) is 6.92 Å². The minimum Gasteiger partial charge on any atom is -0.494 e. The number of halogens is 3. The van der Waals surface area contributed by atoms with Gasteiger partial charge in [-0.2, -0.15) is 13.2 Å². The van der Waals surface area contributed by atoms with Crippen molar-refractivity contribution in [2.45, 2.75) is 45.2 Å². The van der Waals surface area contributed by atoms with Gasteiger partial charge in [0.2, 0.25) is 0 Å². The van der Waals surface area contributed by atoms with Crippen LogP contribution in [0.1, 0.15) is 54.9 Å². The molecule has 0 fully saturated rings. The molecule has 1 N–H and O–H groups in total. The fourth-order valence-corrected chi connectivity index (χ4v) is 1.93. The SMILES string of the molecule is CCCCCCCOc1ccc(C(F)(F)F)c(C(=O)O)c1. The van der Waals surface area contributed by atoms with E-state index in [1.54, 1.807) is 0 Å². The zero-order valence-corrected chi connectivity index (χ0v) is 11.9. The summed E-state index contributed by atoms with van der Waals surface area (Å²) in [5, 5.41) is 8.87. The second-order valence-corrected chi connectivity index (χ2v) is 4.77. The van der Waals surface area contributed by atoms with Crippen molar-refractivity contribution < 1.29 is 27.8 Å². The first-order valence-electron chi connectivity index (χ1n) is 6.93. The number of benzene rings is 1. The molecule has 0 saturated heterocycles. The average molecular weight is 304 g/mol. The van der Waals surface area contributed by atoms with Gasteiger partial charge in [-0.1, -0.05) is 32.6 Å². The molecule has 0 heterocycles. The summed E-state index contributed by atoms with van der Waals surface area (Å²) in [4.78, 5) is 10.9. The molecule has 0 unspecified atom stereocenters. The Morgan fingerprint density at radius 2 is 1.86 bits per heavy atom. The second kappa shape index (κ2) is 7.90. The molecule has 6 heteroatoms. The van der Waals surface area contributed by atoms with Crippen molar-refractivity contribution in [3.63, 3.8) is 0 Å². The van der Waals surface area contributed by atoms with Gasteiger partial charge in [0.1, 0.15) is 5.75 Å². The Morgan fingerprint density at radius 3 is 2.43 bits per heavy atom. The third-order valence-electron chi connectivity index (χ3n) is 3.04. The Labute approximate surface area is 121 Å². The number of carboxylic acids is 1. The molecule has 1 aromatic rings. The van der Waals surface area contributed by atoms with E-state index in [0.29, 0.717) is 6.61 Å². The topological polar surface area (TPSA) is 46.5 Å². The van der Waals surface area contributed by atoms with Gasteiger partial charge in [0.15, 0.2) is 0 Å². The van der Waals surface area contributed by atoms with Crippen LogP contribution in [0.15, 0.2) is 18.2 Å². The van der Waals surface area contributed by atoms with Crippen LogP contribution in [0, 0.1) is 0 Å². The van der Waals surface area contributed by atoms with Crippen molar-refractivity contribution >= 4 is 5.97 Å². The van der Waals surface area contributed by atoms with E-state index in [0.717, 1.165) is 50.3 Å².